The number of halogens is 1. The van der Waals surface area contributed by atoms with Crippen LogP contribution in [-0.2, 0) is 19.9 Å². The molecule has 174 valence electrons. The van der Waals surface area contributed by atoms with Gasteiger partial charge in [0.15, 0.2) is 0 Å². The number of hydrogen-bond acceptors (Lipinski definition) is 7. The molecule has 0 unspecified atom stereocenters. The van der Waals surface area contributed by atoms with Crippen molar-refractivity contribution in [3.05, 3.63) is 57.1 Å². The molecule has 6 rings (SSSR count). The Morgan fingerprint density at radius 3 is 2.74 bits per heavy atom. The zero-order valence-electron chi connectivity index (χ0n) is 18.0. The lowest BCUT2D eigenvalue weighted by atomic mass is 9.75. The van der Waals surface area contributed by atoms with E-state index in [2.05, 4.69) is 5.32 Å². The number of amides is 3. The molecule has 4 heterocycles. The van der Waals surface area contributed by atoms with E-state index in [1.54, 1.807) is 18.2 Å². The summed E-state index contributed by atoms with van der Waals surface area (Å²) in [5, 5.41) is 14.6. The summed E-state index contributed by atoms with van der Waals surface area (Å²) in [6, 6.07) is 8.61. The van der Waals surface area contributed by atoms with Gasteiger partial charge in [-0.15, -0.1) is 0 Å². The smallest absolute Gasteiger partial charge is 0.271 e. The van der Waals surface area contributed by atoms with Crippen molar-refractivity contribution in [2.24, 2.45) is 11.8 Å². The molecule has 0 saturated carbocycles. The molecule has 4 aliphatic heterocycles. The number of nitrogens with one attached hydrogen (secondary N) is 1. The molecule has 3 amide bonds. The Balaban J connectivity index is 1.56. The van der Waals surface area contributed by atoms with Crippen LogP contribution in [0.1, 0.15) is 18.4 Å². The molecule has 4 aliphatic rings. The molecule has 1 N–H and O–H groups in total. The summed E-state index contributed by atoms with van der Waals surface area (Å²) in [5.41, 5.74) is -0.612. The van der Waals surface area contributed by atoms with E-state index in [-0.39, 0.29) is 29.1 Å². The van der Waals surface area contributed by atoms with Crippen LogP contribution in [0, 0.1) is 22.0 Å². The molecule has 11 heteroatoms. The van der Waals surface area contributed by atoms with Crippen LogP contribution in [0.4, 0.5) is 17.1 Å². The number of imide groups is 1. The number of fused-ring (bicyclic) bond motifs is 7. The van der Waals surface area contributed by atoms with Crippen LogP contribution >= 0.6 is 11.6 Å². The molecule has 4 atom stereocenters. The maximum atomic E-state index is 14.0. The van der Waals surface area contributed by atoms with Crippen LogP contribution in [-0.4, -0.2) is 47.2 Å². The number of carbonyl (C=O) groups is 3. The van der Waals surface area contributed by atoms with Crippen molar-refractivity contribution in [3.8, 4) is 5.75 Å². The minimum atomic E-state index is -1.37. The first kappa shape index (κ1) is 21.1. The Morgan fingerprint density at radius 1 is 1.21 bits per heavy atom. The normalized spacial score (nSPS) is 29.4. The minimum absolute atomic E-state index is 0.00511. The second-order valence-corrected chi connectivity index (χ2v) is 9.32. The first-order valence-corrected chi connectivity index (χ1v) is 11.3. The van der Waals surface area contributed by atoms with Crippen LogP contribution in [0.25, 0.3) is 0 Å². The molecule has 34 heavy (non-hydrogen) atoms. The van der Waals surface area contributed by atoms with Crippen molar-refractivity contribution in [1.82, 2.24) is 4.90 Å². The second kappa shape index (κ2) is 7.00. The van der Waals surface area contributed by atoms with Crippen molar-refractivity contribution in [1.29, 1.82) is 0 Å². The number of methoxy groups -OCH3 is 1. The van der Waals surface area contributed by atoms with Crippen LogP contribution < -0.4 is 15.0 Å². The van der Waals surface area contributed by atoms with Gasteiger partial charge in [0, 0.05) is 23.7 Å². The number of carbonyl (C=O) groups excluding carboxylic acids is 3. The second-order valence-electron chi connectivity index (χ2n) is 8.91. The lowest BCUT2D eigenvalue weighted by molar-refractivity contribution is -0.384. The molecular weight excluding hydrogens is 464 g/mol. The lowest BCUT2D eigenvalue weighted by Crippen LogP contribution is -2.54. The minimum Gasteiger partial charge on any atom is -0.495 e. The number of hydrogen-bond donors (Lipinski definition) is 1. The Hall–Kier alpha value is -3.50. The van der Waals surface area contributed by atoms with E-state index in [0.717, 1.165) is 17.4 Å². The predicted molar refractivity (Wildman–Crippen MR) is 121 cm³/mol. The molecular formula is C23H19ClN4O6. The fourth-order valence-corrected chi connectivity index (χ4v) is 6.62. The molecule has 2 aromatic rings. The third kappa shape index (κ3) is 2.36. The largest absolute Gasteiger partial charge is 0.495 e. The van der Waals surface area contributed by atoms with Crippen molar-refractivity contribution in [2.45, 2.75) is 24.4 Å². The predicted octanol–water partition coefficient (Wildman–Crippen LogP) is 2.69. The fraction of sp³-hybridized carbons (Fsp3) is 0.348. The Labute approximate surface area is 198 Å². The number of para-hydroxylation sites is 1. The Morgan fingerprint density at radius 2 is 2.00 bits per heavy atom. The van der Waals surface area contributed by atoms with Gasteiger partial charge in [0.25, 0.3) is 11.6 Å². The molecule has 0 radical (unpaired) electrons. The summed E-state index contributed by atoms with van der Waals surface area (Å²) in [6.45, 7) is 0.567. The van der Waals surface area contributed by atoms with Gasteiger partial charge in [-0.2, -0.15) is 0 Å². The van der Waals surface area contributed by atoms with Gasteiger partial charge in [-0.1, -0.05) is 23.7 Å². The van der Waals surface area contributed by atoms with Gasteiger partial charge in [-0.25, -0.2) is 4.90 Å². The topological polar surface area (TPSA) is 122 Å². The number of non-ortho nitro benzene ring substituents is 1. The van der Waals surface area contributed by atoms with Gasteiger partial charge >= 0.3 is 0 Å². The summed E-state index contributed by atoms with van der Waals surface area (Å²) in [5.74, 6) is -3.05. The Kier molecular flexibility index (Phi) is 4.34. The van der Waals surface area contributed by atoms with Gasteiger partial charge < -0.3 is 10.1 Å². The van der Waals surface area contributed by atoms with Crippen molar-refractivity contribution in [2.75, 3.05) is 23.9 Å². The van der Waals surface area contributed by atoms with Crippen molar-refractivity contribution >= 4 is 46.4 Å². The molecule has 2 aromatic carbocycles. The first-order valence-electron chi connectivity index (χ1n) is 10.9. The van der Waals surface area contributed by atoms with Gasteiger partial charge in [-0.05, 0) is 31.5 Å². The lowest BCUT2D eigenvalue weighted by Gasteiger charge is -2.36. The average Bonchev–Trinajstić information content (AvgIpc) is 3.52. The molecule has 1 spiro atoms. The molecule has 0 aliphatic carbocycles. The highest BCUT2D eigenvalue weighted by atomic mass is 35.5. The van der Waals surface area contributed by atoms with Gasteiger partial charge in [-0.3, -0.25) is 29.4 Å². The zero-order chi connectivity index (χ0) is 23.9. The van der Waals surface area contributed by atoms with Crippen LogP contribution in [0.2, 0.25) is 5.02 Å². The number of anilines is 2. The van der Waals surface area contributed by atoms with Crippen molar-refractivity contribution in [3.63, 3.8) is 0 Å². The highest BCUT2D eigenvalue weighted by molar-refractivity contribution is 6.35. The number of benzene rings is 2. The van der Waals surface area contributed by atoms with Crippen LogP contribution in [0.3, 0.4) is 0 Å². The summed E-state index contributed by atoms with van der Waals surface area (Å²) >= 11 is 6.38. The highest BCUT2D eigenvalue weighted by Gasteiger charge is 2.75. The van der Waals surface area contributed by atoms with Crippen LogP contribution in [0.15, 0.2) is 36.4 Å². The number of nitro benzene ring substituents is 1. The van der Waals surface area contributed by atoms with E-state index in [1.165, 1.54) is 19.2 Å². The fourth-order valence-electron chi connectivity index (χ4n) is 6.40. The summed E-state index contributed by atoms with van der Waals surface area (Å²) in [4.78, 5) is 55.2. The maximum Gasteiger partial charge on any atom is 0.271 e. The standard InChI is InChI=1S/C23H19ClN4O6/c1-34-16-8-7-11(28(32)33)10-15(16)27-20(29)17-14-6-3-9-26(14)23(18(17)21(27)30)12-4-2-5-13(24)19(12)25-22(23)31/h2,4-5,7-8,10,14,17-18H,3,6,9H2,1H3,(H,25,31)/t14-,17-,18+,23-/m1/s1. The summed E-state index contributed by atoms with van der Waals surface area (Å²) in [6.07, 6.45) is 1.44. The van der Waals surface area contributed by atoms with E-state index < -0.39 is 34.1 Å². The Bertz CT molecular complexity index is 1310. The van der Waals surface area contributed by atoms with Crippen LogP contribution in [0.5, 0.6) is 5.75 Å². The quantitative estimate of drug-likeness (QED) is 0.405. The number of nitrogens with zero attached hydrogens (tertiary/aromatic N) is 3. The van der Waals surface area contributed by atoms with E-state index >= 15 is 0 Å². The molecule has 3 saturated heterocycles. The molecule has 0 bridgehead atoms. The zero-order valence-corrected chi connectivity index (χ0v) is 18.7. The summed E-state index contributed by atoms with van der Waals surface area (Å²) < 4.78 is 5.33. The van der Waals surface area contributed by atoms with Gasteiger partial charge in [0.1, 0.15) is 17.0 Å². The molecule has 3 fully saturated rings. The summed E-state index contributed by atoms with van der Waals surface area (Å²) in [7, 11) is 1.36. The molecule has 10 nitrogen and oxygen atoms in total. The number of ether oxygens (including phenoxy) is 1. The van der Waals surface area contributed by atoms with E-state index in [9.17, 15) is 24.5 Å². The number of rotatable bonds is 3. The number of nitro groups is 1. The highest BCUT2D eigenvalue weighted by Crippen LogP contribution is 2.61. The van der Waals surface area contributed by atoms with E-state index in [1.807, 2.05) is 4.90 Å². The average molecular weight is 483 g/mol. The monoisotopic (exact) mass is 482 g/mol. The molecule has 0 aromatic heterocycles. The maximum absolute atomic E-state index is 14.0. The third-order valence-corrected chi connectivity index (χ3v) is 7.91. The van der Waals surface area contributed by atoms with E-state index in [4.69, 9.17) is 16.3 Å². The third-order valence-electron chi connectivity index (χ3n) is 7.59. The van der Waals surface area contributed by atoms with E-state index in [0.29, 0.717) is 29.2 Å². The SMILES string of the molecule is COc1ccc([N+](=O)[O-])cc1N1C(=O)[C@@H]2[C@H]3CCCN3[C@@]3(C(=O)Nc4c(Cl)cccc43)[C@@H]2C1=O. The van der Waals surface area contributed by atoms with Gasteiger partial charge in [0.05, 0.1) is 34.6 Å². The van der Waals surface area contributed by atoms with Crippen molar-refractivity contribution < 1.29 is 24.0 Å². The van der Waals surface area contributed by atoms with Gasteiger partial charge in [0.2, 0.25) is 11.8 Å². The first-order chi connectivity index (χ1) is 16.3.